The van der Waals surface area contributed by atoms with Crippen molar-refractivity contribution in [1.29, 1.82) is 0 Å². The monoisotopic (exact) mass is 888 g/mol. The molecule has 2 heterocycles. The number of fused-ring (bicyclic) bond motifs is 7. The van der Waals surface area contributed by atoms with Crippen molar-refractivity contribution in [3.05, 3.63) is 242 Å². The van der Waals surface area contributed by atoms with Gasteiger partial charge in [-0.25, -0.2) is 0 Å². The number of para-hydroxylation sites is 4. The van der Waals surface area contributed by atoms with Gasteiger partial charge in [-0.3, -0.25) is 4.90 Å². The molecular weight excluding hydrogens is 841 g/mol. The van der Waals surface area contributed by atoms with Gasteiger partial charge in [0, 0.05) is 22.5 Å². The number of benzene rings is 10. The predicted octanol–water partition coefficient (Wildman–Crippen LogP) is 18.6. The van der Waals surface area contributed by atoms with E-state index < -0.39 is 0 Å². The summed E-state index contributed by atoms with van der Waals surface area (Å²) in [5.74, 6) is 3.18. The molecule has 0 N–H and O–H groups in total. The molecule has 13 rings (SSSR count). The summed E-state index contributed by atoms with van der Waals surface area (Å²) in [7, 11) is 0. The van der Waals surface area contributed by atoms with E-state index >= 15 is 0 Å². The lowest BCUT2D eigenvalue weighted by Crippen LogP contribution is -2.23. The first-order valence-electron chi connectivity index (χ1n) is 24.1. The lowest BCUT2D eigenvalue weighted by Gasteiger charge is -2.38. The summed E-state index contributed by atoms with van der Waals surface area (Å²) < 4.78 is 13.1. The van der Waals surface area contributed by atoms with E-state index in [4.69, 9.17) is 9.47 Å². The molecule has 4 nitrogen and oxygen atoms in total. The van der Waals surface area contributed by atoms with E-state index in [2.05, 4.69) is 218 Å². The number of rotatable bonds is 9. The molecule has 0 saturated heterocycles. The number of hydrogen-bond donors (Lipinski definition) is 0. The molecule has 0 bridgehead atoms. The van der Waals surface area contributed by atoms with E-state index in [0.29, 0.717) is 0 Å². The van der Waals surface area contributed by atoms with Crippen molar-refractivity contribution in [2.75, 3.05) is 9.80 Å². The van der Waals surface area contributed by atoms with E-state index in [9.17, 15) is 0 Å². The summed E-state index contributed by atoms with van der Waals surface area (Å²) >= 11 is 0. The Morgan fingerprint density at radius 2 is 0.797 bits per heavy atom. The molecule has 10 aromatic rings. The fraction of sp³-hybridized carbons (Fsp3) is 0.0769. The van der Waals surface area contributed by atoms with Crippen LogP contribution in [0.5, 0.6) is 23.0 Å². The van der Waals surface area contributed by atoms with Crippen LogP contribution >= 0.6 is 0 Å². The zero-order valence-corrected chi connectivity index (χ0v) is 38.6. The Balaban J connectivity index is 0.813. The van der Waals surface area contributed by atoms with Gasteiger partial charge in [-0.2, -0.15) is 0 Å². The van der Waals surface area contributed by atoms with Crippen molar-refractivity contribution in [3.8, 4) is 78.6 Å². The van der Waals surface area contributed by atoms with Gasteiger partial charge in [0.1, 0.15) is 5.69 Å². The molecule has 69 heavy (non-hydrogen) atoms. The first kappa shape index (κ1) is 40.7. The summed E-state index contributed by atoms with van der Waals surface area (Å²) in [4.78, 5) is 4.67. The molecule has 330 valence electrons. The average molecular weight is 889 g/mol. The highest BCUT2D eigenvalue weighted by Crippen LogP contribution is 2.60. The van der Waals surface area contributed by atoms with Crippen LogP contribution < -0.4 is 19.3 Å². The van der Waals surface area contributed by atoms with Crippen molar-refractivity contribution in [1.82, 2.24) is 0 Å². The van der Waals surface area contributed by atoms with Crippen LogP contribution in [0, 0.1) is 0 Å². The van der Waals surface area contributed by atoms with Gasteiger partial charge in [-0.1, -0.05) is 166 Å². The summed E-state index contributed by atoms with van der Waals surface area (Å²) in [5, 5.41) is 0. The Bertz CT molecular complexity index is 3500. The van der Waals surface area contributed by atoms with Crippen molar-refractivity contribution in [3.63, 3.8) is 0 Å². The van der Waals surface area contributed by atoms with Gasteiger partial charge in [-0.05, 0) is 158 Å². The van der Waals surface area contributed by atoms with Gasteiger partial charge in [0.25, 0.3) is 0 Å². The number of hydrogen-bond acceptors (Lipinski definition) is 4. The minimum atomic E-state index is -0.0216. The second-order valence-corrected chi connectivity index (χ2v) is 18.3. The third-order valence-corrected chi connectivity index (χ3v) is 14.7. The van der Waals surface area contributed by atoms with Gasteiger partial charge < -0.3 is 14.4 Å². The molecule has 0 amide bonds. The van der Waals surface area contributed by atoms with Crippen LogP contribution in [0.4, 0.5) is 34.1 Å². The number of anilines is 6. The molecule has 0 saturated carbocycles. The van der Waals surface area contributed by atoms with Crippen molar-refractivity contribution >= 4 is 34.1 Å². The molecule has 0 spiro atoms. The minimum Gasteiger partial charge on any atom is -0.453 e. The molecule has 0 aromatic heterocycles. The maximum atomic E-state index is 6.57. The Morgan fingerprint density at radius 3 is 1.39 bits per heavy atom. The van der Waals surface area contributed by atoms with Crippen LogP contribution in [0.1, 0.15) is 37.8 Å². The minimum absolute atomic E-state index is 0.0216. The summed E-state index contributed by atoms with van der Waals surface area (Å²) in [6, 6.07) is 83.1. The van der Waals surface area contributed by atoms with Gasteiger partial charge in [0.15, 0.2) is 23.0 Å². The van der Waals surface area contributed by atoms with Gasteiger partial charge in [-0.15, -0.1) is 0 Å². The second-order valence-electron chi connectivity index (χ2n) is 18.3. The van der Waals surface area contributed by atoms with Crippen molar-refractivity contribution < 1.29 is 9.47 Å². The maximum absolute atomic E-state index is 6.57. The van der Waals surface area contributed by atoms with Gasteiger partial charge >= 0.3 is 0 Å². The zero-order chi connectivity index (χ0) is 46.1. The number of nitrogens with zero attached hydrogens (tertiary/aromatic N) is 2. The average Bonchev–Trinajstić information content (AvgIpc) is 3.70. The highest BCUT2D eigenvalue weighted by molar-refractivity contribution is 5.95. The SMILES string of the molecule is CCC1(CC)c2ccccc2-c2ccc(N(c3ccc(-c4ccccc4)cc3)c3ccc(-c4ccc(-c5cccc(-c6cc7c8c(c6)Oc6ccccc6N8c6ccccc6O7)c5)cc4)cc3)cc21. The highest BCUT2D eigenvalue weighted by atomic mass is 16.5. The standard InChI is InChI=1S/C65H48N2O2/c1-3-65(4-2)56-20-9-8-19-54(56)55-38-37-53(42-57(55)65)66(51-33-29-45(30-34-51)43-15-6-5-7-16-43)52-35-31-46(32-36-52)44-25-27-47(28-26-44)48-17-14-18-49(39-48)50-40-62-64-63(41-50)69-61-24-13-11-22-59(61)67(64)58-21-10-12-23-60(58)68-62/h5-42H,3-4H2,1-2H3. The van der Waals surface area contributed by atoms with Crippen molar-refractivity contribution in [2.45, 2.75) is 32.1 Å². The Hall–Kier alpha value is -8.60. The largest absolute Gasteiger partial charge is 0.453 e. The van der Waals surface area contributed by atoms with E-state index in [1.54, 1.807) is 0 Å². The molecule has 2 aliphatic heterocycles. The predicted molar refractivity (Wildman–Crippen MR) is 284 cm³/mol. The van der Waals surface area contributed by atoms with E-state index in [-0.39, 0.29) is 5.41 Å². The van der Waals surface area contributed by atoms with Crippen LogP contribution in [0.3, 0.4) is 0 Å². The molecule has 1 aliphatic carbocycles. The first-order valence-corrected chi connectivity index (χ1v) is 24.1. The molecule has 4 heteroatoms. The summed E-state index contributed by atoms with van der Waals surface area (Å²) in [5.41, 5.74) is 21.0. The smallest absolute Gasteiger partial charge is 0.156 e. The molecule has 3 aliphatic rings. The third kappa shape index (κ3) is 6.66. The lowest BCUT2D eigenvalue weighted by atomic mass is 9.74. The van der Waals surface area contributed by atoms with Crippen LogP contribution in [-0.4, -0.2) is 0 Å². The Morgan fingerprint density at radius 1 is 0.348 bits per heavy atom. The first-order chi connectivity index (χ1) is 34.1. The quantitative estimate of drug-likeness (QED) is 0.144. The maximum Gasteiger partial charge on any atom is 0.156 e. The molecule has 0 atom stereocenters. The second kappa shape index (κ2) is 16.3. The number of ether oxygens (including phenoxy) is 2. The molecule has 0 fully saturated rings. The molecule has 0 radical (unpaired) electrons. The molecule has 0 unspecified atom stereocenters. The Labute approximate surface area is 403 Å². The van der Waals surface area contributed by atoms with Crippen LogP contribution in [0.2, 0.25) is 0 Å². The summed E-state index contributed by atoms with van der Waals surface area (Å²) in [6.07, 6.45) is 2.10. The molecule has 10 aromatic carbocycles. The van der Waals surface area contributed by atoms with E-state index in [1.165, 1.54) is 44.5 Å². The Kier molecular flexibility index (Phi) is 9.62. The highest BCUT2D eigenvalue weighted by Gasteiger charge is 2.41. The normalized spacial score (nSPS) is 13.2. The van der Waals surface area contributed by atoms with Gasteiger partial charge in [0.05, 0.1) is 11.4 Å². The van der Waals surface area contributed by atoms with E-state index in [0.717, 1.165) is 92.2 Å². The fourth-order valence-corrected chi connectivity index (χ4v) is 11.2. The van der Waals surface area contributed by atoms with Crippen molar-refractivity contribution in [2.24, 2.45) is 0 Å². The zero-order valence-electron chi connectivity index (χ0n) is 38.6. The van der Waals surface area contributed by atoms with Gasteiger partial charge in [0.2, 0.25) is 0 Å². The van der Waals surface area contributed by atoms with Crippen LogP contribution in [-0.2, 0) is 5.41 Å². The van der Waals surface area contributed by atoms with Crippen LogP contribution in [0.25, 0.3) is 55.6 Å². The third-order valence-electron chi connectivity index (χ3n) is 14.7. The summed E-state index contributed by atoms with van der Waals surface area (Å²) in [6.45, 7) is 4.68. The topological polar surface area (TPSA) is 24.9 Å². The molecular formula is C65H48N2O2. The fourth-order valence-electron chi connectivity index (χ4n) is 11.2. The van der Waals surface area contributed by atoms with E-state index in [1.807, 2.05) is 36.4 Å². The van der Waals surface area contributed by atoms with Crippen LogP contribution in [0.15, 0.2) is 231 Å². The lowest BCUT2D eigenvalue weighted by molar-refractivity contribution is 0.446.